The first-order chi connectivity index (χ1) is 9.07. The van der Waals surface area contributed by atoms with Crippen molar-refractivity contribution in [3.63, 3.8) is 0 Å². The van der Waals surface area contributed by atoms with Crippen molar-refractivity contribution >= 4 is 22.4 Å². The normalized spacial score (nSPS) is 20.2. The molecule has 2 rings (SSSR count). The molecule has 1 N–H and O–H groups in total. The van der Waals surface area contributed by atoms with Crippen LogP contribution in [0.2, 0.25) is 0 Å². The van der Waals surface area contributed by atoms with Crippen molar-refractivity contribution < 1.29 is 13.2 Å². The zero-order valence-electron chi connectivity index (χ0n) is 11.6. The van der Waals surface area contributed by atoms with E-state index >= 15 is 0 Å². The maximum atomic E-state index is 12.5. The van der Waals surface area contributed by atoms with Gasteiger partial charge in [-0.05, 0) is 26.0 Å². The van der Waals surface area contributed by atoms with E-state index in [0.29, 0.717) is 19.0 Å². The Bertz CT molecular complexity index is 521. The van der Waals surface area contributed by atoms with Crippen molar-refractivity contribution in [3.05, 3.63) is 18.3 Å². The van der Waals surface area contributed by atoms with Crippen molar-refractivity contribution in [1.82, 2.24) is 14.6 Å². The number of pyridine rings is 1. The van der Waals surface area contributed by atoms with Gasteiger partial charge in [0.05, 0.1) is 13.3 Å². The van der Waals surface area contributed by atoms with Gasteiger partial charge in [-0.1, -0.05) is 0 Å². The third-order valence-corrected chi connectivity index (χ3v) is 5.20. The van der Waals surface area contributed by atoms with Crippen LogP contribution in [0.5, 0.6) is 5.88 Å². The summed E-state index contributed by atoms with van der Waals surface area (Å²) in [4.78, 5) is 4.17. The van der Waals surface area contributed by atoms with E-state index in [9.17, 15) is 8.42 Å². The molecule has 0 bridgehead atoms. The Kier molecular flexibility index (Phi) is 6.19. The molecule has 8 heteroatoms. The standard InChI is InChI=1S/C12H19N3O3S.ClH/c1-13-10-4-3-7-15(9-10)19(16,17)11-5-6-12(18-2)14-8-11;/h5-6,8,10,13H,3-4,7,9H2,1-2H3;1H. The monoisotopic (exact) mass is 321 g/mol. The van der Waals surface area contributed by atoms with Gasteiger partial charge in [-0.25, -0.2) is 13.4 Å². The molecule has 1 unspecified atom stereocenters. The van der Waals surface area contributed by atoms with Gasteiger partial charge in [-0.3, -0.25) is 0 Å². The summed E-state index contributed by atoms with van der Waals surface area (Å²) in [6.07, 6.45) is 3.22. The van der Waals surface area contributed by atoms with Gasteiger partial charge in [0.15, 0.2) is 0 Å². The lowest BCUT2D eigenvalue weighted by molar-refractivity contribution is 0.292. The highest BCUT2D eigenvalue weighted by molar-refractivity contribution is 7.89. The number of hydrogen-bond acceptors (Lipinski definition) is 5. The molecule has 0 aromatic carbocycles. The van der Waals surface area contributed by atoms with Gasteiger partial charge in [0, 0.05) is 25.2 Å². The van der Waals surface area contributed by atoms with Crippen molar-refractivity contribution in [2.24, 2.45) is 0 Å². The van der Waals surface area contributed by atoms with E-state index in [2.05, 4.69) is 10.3 Å². The molecule has 1 aliphatic heterocycles. The lowest BCUT2D eigenvalue weighted by atomic mass is 10.1. The number of ether oxygens (including phenoxy) is 1. The Morgan fingerprint density at radius 2 is 2.20 bits per heavy atom. The number of hydrogen-bond donors (Lipinski definition) is 1. The van der Waals surface area contributed by atoms with Crippen LogP contribution in [0.3, 0.4) is 0 Å². The fourth-order valence-corrected chi connectivity index (χ4v) is 3.66. The number of rotatable bonds is 4. The minimum atomic E-state index is -3.45. The van der Waals surface area contributed by atoms with E-state index < -0.39 is 10.0 Å². The smallest absolute Gasteiger partial charge is 0.244 e. The van der Waals surface area contributed by atoms with Crippen LogP contribution < -0.4 is 10.1 Å². The summed E-state index contributed by atoms with van der Waals surface area (Å²) < 4.78 is 31.4. The number of halogens is 1. The van der Waals surface area contributed by atoms with Crippen LogP contribution in [-0.4, -0.2) is 51.0 Å². The number of likely N-dealkylation sites (N-methyl/N-ethyl adjacent to an activating group) is 1. The summed E-state index contributed by atoms with van der Waals surface area (Å²) in [5, 5.41) is 3.13. The molecule has 0 amide bonds. The Morgan fingerprint density at radius 3 is 2.75 bits per heavy atom. The second-order valence-electron chi connectivity index (χ2n) is 4.53. The second kappa shape index (κ2) is 7.21. The minimum absolute atomic E-state index is 0. The van der Waals surface area contributed by atoms with Crippen LogP contribution in [-0.2, 0) is 10.0 Å². The summed E-state index contributed by atoms with van der Waals surface area (Å²) in [7, 11) is -0.0992. The Hall–Kier alpha value is -0.890. The summed E-state index contributed by atoms with van der Waals surface area (Å²) >= 11 is 0. The van der Waals surface area contributed by atoms with E-state index in [1.54, 1.807) is 6.07 Å². The van der Waals surface area contributed by atoms with Gasteiger partial charge < -0.3 is 10.1 Å². The van der Waals surface area contributed by atoms with E-state index in [1.165, 1.54) is 23.7 Å². The minimum Gasteiger partial charge on any atom is -0.481 e. The predicted octanol–water partition coefficient (Wildman–Crippen LogP) is 0.884. The average Bonchev–Trinajstić information content (AvgIpc) is 2.47. The van der Waals surface area contributed by atoms with E-state index in [0.717, 1.165) is 12.8 Å². The molecule has 1 fully saturated rings. The Morgan fingerprint density at radius 1 is 1.45 bits per heavy atom. The summed E-state index contributed by atoms with van der Waals surface area (Å²) in [5.41, 5.74) is 0. The molecule has 0 radical (unpaired) electrons. The van der Waals surface area contributed by atoms with Gasteiger partial charge in [0.2, 0.25) is 15.9 Å². The van der Waals surface area contributed by atoms with E-state index in [4.69, 9.17) is 4.74 Å². The second-order valence-corrected chi connectivity index (χ2v) is 6.47. The van der Waals surface area contributed by atoms with Crippen molar-refractivity contribution in [1.29, 1.82) is 0 Å². The molecule has 0 spiro atoms. The number of aromatic nitrogens is 1. The number of sulfonamides is 1. The van der Waals surface area contributed by atoms with Gasteiger partial charge in [-0.15, -0.1) is 12.4 Å². The van der Waals surface area contributed by atoms with Crippen LogP contribution in [0.15, 0.2) is 23.2 Å². The molecule has 2 heterocycles. The first kappa shape index (κ1) is 17.2. The summed E-state index contributed by atoms with van der Waals surface area (Å²) in [6.45, 7) is 1.07. The van der Waals surface area contributed by atoms with Crippen LogP contribution in [0.4, 0.5) is 0 Å². The lowest BCUT2D eigenvalue weighted by Crippen LogP contribution is -2.46. The maximum Gasteiger partial charge on any atom is 0.244 e. The van der Waals surface area contributed by atoms with Gasteiger partial charge in [-0.2, -0.15) is 4.31 Å². The molecular weight excluding hydrogens is 302 g/mol. The molecule has 20 heavy (non-hydrogen) atoms. The molecule has 0 aliphatic carbocycles. The fourth-order valence-electron chi connectivity index (χ4n) is 2.19. The largest absolute Gasteiger partial charge is 0.481 e. The Balaban J connectivity index is 0.00000200. The molecule has 1 atom stereocenters. The molecule has 0 saturated carbocycles. The maximum absolute atomic E-state index is 12.5. The molecule has 1 aromatic rings. The molecule has 1 aromatic heterocycles. The number of nitrogens with zero attached hydrogens (tertiary/aromatic N) is 2. The van der Waals surface area contributed by atoms with Crippen LogP contribution in [0.1, 0.15) is 12.8 Å². The average molecular weight is 322 g/mol. The highest BCUT2D eigenvalue weighted by Gasteiger charge is 2.29. The van der Waals surface area contributed by atoms with E-state index in [-0.39, 0.29) is 23.3 Å². The highest BCUT2D eigenvalue weighted by Crippen LogP contribution is 2.21. The van der Waals surface area contributed by atoms with Crippen molar-refractivity contribution in [3.8, 4) is 5.88 Å². The van der Waals surface area contributed by atoms with Gasteiger partial charge >= 0.3 is 0 Å². The first-order valence-corrected chi connectivity index (χ1v) is 7.69. The molecule has 1 saturated heterocycles. The SMILES string of the molecule is CNC1CCCN(S(=O)(=O)c2ccc(OC)nc2)C1.Cl. The highest BCUT2D eigenvalue weighted by atomic mass is 35.5. The van der Waals surface area contributed by atoms with Crippen LogP contribution >= 0.6 is 12.4 Å². The summed E-state index contributed by atoms with van der Waals surface area (Å²) in [5.74, 6) is 0.408. The lowest BCUT2D eigenvalue weighted by Gasteiger charge is -2.31. The first-order valence-electron chi connectivity index (χ1n) is 6.25. The van der Waals surface area contributed by atoms with Crippen LogP contribution in [0.25, 0.3) is 0 Å². The third-order valence-electron chi connectivity index (χ3n) is 3.35. The van der Waals surface area contributed by atoms with E-state index in [1.807, 2.05) is 7.05 Å². The zero-order valence-corrected chi connectivity index (χ0v) is 13.2. The molecule has 114 valence electrons. The predicted molar refractivity (Wildman–Crippen MR) is 78.9 cm³/mol. The third kappa shape index (κ3) is 3.60. The molecule has 1 aliphatic rings. The number of nitrogens with one attached hydrogen (secondary N) is 1. The number of methoxy groups -OCH3 is 1. The van der Waals surface area contributed by atoms with Gasteiger partial charge in [0.1, 0.15) is 4.90 Å². The fraction of sp³-hybridized carbons (Fsp3) is 0.583. The van der Waals surface area contributed by atoms with Crippen molar-refractivity contribution in [2.75, 3.05) is 27.2 Å². The topological polar surface area (TPSA) is 71.5 Å². The van der Waals surface area contributed by atoms with Gasteiger partial charge in [0.25, 0.3) is 0 Å². The molecule has 6 nitrogen and oxygen atoms in total. The quantitative estimate of drug-likeness (QED) is 0.891. The van der Waals surface area contributed by atoms with Crippen molar-refractivity contribution in [2.45, 2.75) is 23.8 Å². The zero-order chi connectivity index (χ0) is 13.9. The Labute approximate surface area is 126 Å². The molecular formula is C12H20ClN3O3S. The summed E-state index contributed by atoms with van der Waals surface area (Å²) in [6, 6.07) is 3.31. The number of piperidine rings is 1. The van der Waals surface area contributed by atoms with Crippen LogP contribution in [0, 0.1) is 0 Å².